The number of benzene rings is 2. The number of aromatic carboxylic acids is 1. The van der Waals surface area contributed by atoms with E-state index in [2.05, 4.69) is 10.3 Å². The molecule has 1 heterocycles. The average molecular weight is 404 g/mol. The number of nitrogens with zero attached hydrogens (tertiary/aromatic N) is 1. The zero-order valence-corrected chi connectivity index (χ0v) is 16.2. The zero-order chi connectivity index (χ0) is 21.3. The van der Waals surface area contributed by atoms with Crippen molar-refractivity contribution in [3.05, 3.63) is 89.8 Å². The zero-order valence-electron chi connectivity index (χ0n) is 16.2. The lowest BCUT2D eigenvalue weighted by molar-refractivity contribution is -0.111. The first kappa shape index (κ1) is 20.6. The number of ether oxygens (including phenoxy) is 2. The summed E-state index contributed by atoms with van der Waals surface area (Å²) in [5, 5.41) is 11.8. The molecule has 3 aromatic rings. The summed E-state index contributed by atoms with van der Waals surface area (Å²) in [4.78, 5) is 27.8. The summed E-state index contributed by atoms with van der Waals surface area (Å²) in [5.74, 6) is -0.441. The molecule has 0 atom stereocenters. The van der Waals surface area contributed by atoms with Gasteiger partial charge in [-0.2, -0.15) is 0 Å². The smallest absolute Gasteiger partial charge is 0.337 e. The molecule has 0 aliphatic rings. The Labute approximate surface area is 173 Å². The van der Waals surface area contributed by atoms with Gasteiger partial charge in [0.1, 0.15) is 18.1 Å². The molecule has 0 saturated carbocycles. The topological polar surface area (TPSA) is 97.8 Å². The standard InChI is InChI=1S/C23H20N2O5/c1-29-18-11-9-16(21(14-18)30-15-17-6-4-5-13-24-17)10-12-22(26)25-20-8-3-2-7-19(20)23(27)28/h2-14H,15H2,1H3,(H,25,26)(H,27,28)/b12-10+. The predicted molar refractivity (Wildman–Crippen MR) is 113 cm³/mol. The summed E-state index contributed by atoms with van der Waals surface area (Å²) in [6, 6.07) is 17.0. The fourth-order valence-corrected chi connectivity index (χ4v) is 2.66. The summed E-state index contributed by atoms with van der Waals surface area (Å²) < 4.78 is 11.1. The number of nitrogens with one attached hydrogen (secondary N) is 1. The molecule has 0 fully saturated rings. The molecule has 0 saturated heterocycles. The van der Waals surface area contributed by atoms with E-state index in [1.165, 1.54) is 18.2 Å². The van der Waals surface area contributed by atoms with Gasteiger partial charge in [0.05, 0.1) is 24.1 Å². The van der Waals surface area contributed by atoms with Crippen molar-refractivity contribution in [1.82, 2.24) is 4.98 Å². The molecule has 7 nitrogen and oxygen atoms in total. The van der Waals surface area contributed by atoms with E-state index in [9.17, 15) is 14.7 Å². The number of methoxy groups -OCH3 is 1. The minimum Gasteiger partial charge on any atom is -0.497 e. The van der Waals surface area contributed by atoms with Crippen molar-refractivity contribution in [3.8, 4) is 11.5 Å². The molecular weight excluding hydrogens is 384 g/mol. The van der Waals surface area contributed by atoms with Gasteiger partial charge in [-0.3, -0.25) is 9.78 Å². The summed E-state index contributed by atoms with van der Waals surface area (Å²) in [6.45, 7) is 0.257. The fraction of sp³-hybridized carbons (Fsp3) is 0.0870. The monoisotopic (exact) mass is 404 g/mol. The highest BCUT2D eigenvalue weighted by atomic mass is 16.5. The van der Waals surface area contributed by atoms with Gasteiger partial charge < -0.3 is 19.9 Å². The van der Waals surface area contributed by atoms with E-state index in [0.717, 1.165) is 5.69 Å². The van der Waals surface area contributed by atoms with Crippen molar-refractivity contribution in [2.24, 2.45) is 0 Å². The second-order valence-electron chi connectivity index (χ2n) is 6.19. The number of carboxylic acids is 1. The average Bonchev–Trinajstić information content (AvgIpc) is 2.77. The first-order valence-corrected chi connectivity index (χ1v) is 9.09. The molecule has 0 unspecified atom stereocenters. The van der Waals surface area contributed by atoms with Crippen molar-refractivity contribution >= 4 is 23.6 Å². The molecule has 30 heavy (non-hydrogen) atoms. The van der Waals surface area contributed by atoms with Crippen LogP contribution in [0, 0.1) is 0 Å². The highest BCUT2D eigenvalue weighted by Gasteiger charge is 2.11. The Morgan fingerprint density at radius 1 is 1.10 bits per heavy atom. The first-order valence-electron chi connectivity index (χ1n) is 9.09. The minimum atomic E-state index is -1.12. The van der Waals surface area contributed by atoms with Gasteiger partial charge in [-0.1, -0.05) is 18.2 Å². The van der Waals surface area contributed by atoms with E-state index in [-0.39, 0.29) is 17.9 Å². The third kappa shape index (κ3) is 5.45. The van der Waals surface area contributed by atoms with Crippen LogP contribution in [0.2, 0.25) is 0 Å². The van der Waals surface area contributed by atoms with Crippen LogP contribution in [0.5, 0.6) is 11.5 Å². The van der Waals surface area contributed by atoms with Crippen molar-refractivity contribution in [2.45, 2.75) is 6.61 Å². The molecule has 3 rings (SSSR count). The van der Waals surface area contributed by atoms with E-state index in [0.29, 0.717) is 17.1 Å². The number of carbonyl (C=O) groups excluding carboxylic acids is 1. The van der Waals surface area contributed by atoms with Crippen molar-refractivity contribution in [1.29, 1.82) is 0 Å². The summed E-state index contributed by atoms with van der Waals surface area (Å²) in [7, 11) is 1.56. The molecule has 0 bridgehead atoms. The number of rotatable bonds is 8. The molecule has 2 N–H and O–H groups in total. The molecule has 0 aliphatic heterocycles. The largest absolute Gasteiger partial charge is 0.497 e. The summed E-state index contributed by atoms with van der Waals surface area (Å²) >= 11 is 0. The molecule has 1 aromatic heterocycles. The predicted octanol–water partition coefficient (Wildman–Crippen LogP) is 4.02. The molecule has 0 aliphatic carbocycles. The number of hydrogen-bond donors (Lipinski definition) is 2. The minimum absolute atomic E-state index is 0.0167. The normalized spacial score (nSPS) is 10.6. The molecule has 7 heteroatoms. The number of aromatic nitrogens is 1. The van der Waals surface area contributed by atoms with Crippen LogP contribution < -0.4 is 14.8 Å². The van der Waals surface area contributed by atoms with Gasteiger partial charge in [-0.25, -0.2) is 4.79 Å². The third-order valence-corrected chi connectivity index (χ3v) is 4.15. The van der Waals surface area contributed by atoms with Gasteiger partial charge in [0.25, 0.3) is 0 Å². The molecule has 0 spiro atoms. The van der Waals surface area contributed by atoms with E-state index in [1.807, 2.05) is 18.2 Å². The number of hydrogen-bond acceptors (Lipinski definition) is 5. The molecule has 2 aromatic carbocycles. The van der Waals surface area contributed by atoms with Crippen molar-refractivity contribution in [2.75, 3.05) is 12.4 Å². The molecule has 1 amide bonds. The summed E-state index contributed by atoms with van der Waals surface area (Å²) in [6.07, 6.45) is 4.59. The van der Waals surface area contributed by atoms with Crippen LogP contribution in [0.15, 0.2) is 72.9 Å². The Balaban J connectivity index is 1.75. The maximum atomic E-state index is 12.3. The lowest BCUT2D eigenvalue weighted by Gasteiger charge is -2.11. The van der Waals surface area contributed by atoms with Crippen LogP contribution in [0.25, 0.3) is 6.08 Å². The van der Waals surface area contributed by atoms with Gasteiger partial charge in [0, 0.05) is 23.9 Å². The van der Waals surface area contributed by atoms with Gasteiger partial charge in [0.15, 0.2) is 0 Å². The lowest BCUT2D eigenvalue weighted by Crippen LogP contribution is -2.11. The van der Waals surface area contributed by atoms with E-state index < -0.39 is 11.9 Å². The number of pyridine rings is 1. The van der Waals surface area contributed by atoms with Crippen LogP contribution in [-0.2, 0) is 11.4 Å². The number of para-hydroxylation sites is 1. The van der Waals surface area contributed by atoms with Crippen LogP contribution in [-0.4, -0.2) is 29.1 Å². The second-order valence-corrected chi connectivity index (χ2v) is 6.19. The molecule has 0 radical (unpaired) electrons. The number of anilines is 1. The maximum absolute atomic E-state index is 12.3. The van der Waals surface area contributed by atoms with Crippen LogP contribution in [0.1, 0.15) is 21.6 Å². The van der Waals surface area contributed by atoms with Crippen molar-refractivity contribution < 1.29 is 24.2 Å². The first-order chi connectivity index (χ1) is 14.6. The number of carboxylic acid groups (broad SMARTS) is 1. The van der Waals surface area contributed by atoms with Crippen LogP contribution in [0.4, 0.5) is 5.69 Å². The maximum Gasteiger partial charge on any atom is 0.337 e. The number of carbonyl (C=O) groups is 2. The van der Waals surface area contributed by atoms with Gasteiger partial charge in [-0.05, 0) is 42.5 Å². The Hall–Kier alpha value is -4.13. The van der Waals surface area contributed by atoms with E-state index in [4.69, 9.17) is 9.47 Å². The quantitative estimate of drug-likeness (QED) is 0.551. The molecular formula is C23H20N2O5. The summed E-state index contributed by atoms with van der Waals surface area (Å²) in [5.41, 5.74) is 1.66. The van der Waals surface area contributed by atoms with Gasteiger partial charge in [-0.15, -0.1) is 0 Å². The highest BCUT2D eigenvalue weighted by molar-refractivity contribution is 6.06. The lowest BCUT2D eigenvalue weighted by atomic mass is 10.1. The van der Waals surface area contributed by atoms with Crippen molar-refractivity contribution in [3.63, 3.8) is 0 Å². The van der Waals surface area contributed by atoms with E-state index >= 15 is 0 Å². The third-order valence-electron chi connectivity index (χ3n) is 4.15. The van der Waals surface area contributed by atoms with Crippen LogP contribution in [0.3, 0.4) is 0 Å². The fourth-order valence-electron chi connectivity index (χ4n) is 2.66. The number of amides is 1. The van der Waals surface area contributed by atoms with Gasteiger partial charge in [0.2, 0.25) is 5.91 Å². The molecule has 152 valence electrons. The Morgan fingerprint density at radius 3 is 2.63 bits per heavy atom. The van der Waals surface area contributed by atoms with Crippen LogP contribution >= 0.6 is 0 Å². The van der Waals surface area contributed by atoms with E-state index in [1.54, 1.807) is 49.7 Å². The SMILES string of the molecule is COc1ccc(/C=C/C(=O)Nc2ccccc2C(=O)O)c(OCc2ccccn2)c1. The van der Waals surface area contributed by atoms with Gasteiger partial charge >= 0.3 is 5.97 Å². The Morgan fingerprint density at radius 2 is 1.90 bits per heavy atom. The Kier molecular flexibility index (Phi) is 6.78. The Bertz CT molecular complexity index is 1060. The highest BCUT2D eigenvalue weighted by Crippen LogP contribution is 2.27. The second kappa shape index (κ2) is 9.88.